The maximum absolute atomic E-state index is 12.6. The molecule has 7 heteroatoms. The first kappa shape index (κ1) is 19.1. The van der Waals surface area contributed by atoms with Crippen LogP contribution in [0.1, 0.15) is 29.5 Å². The van der Waals surface area contributed by atoms with Crippen LogP contribution in [0.2, 0.25) is 0 Å². The number of amides is 1. The Morgan fingerprint density at radius 2 is 1.62 bits per heavy atom. The smallest absolute Gasteiger partial charge is 0.250 e. The molecule has 0 atom stereocenters. The van der Waals surface area contributed by atoms with Crippen LogP contribution in [0.5, 0.6) is 0 Å². The summed E-state index contributed by atoms with van der Waals surface area (Å²) in [5.74, 6) is 0.885. The maximum atomic E-state index is 12.6. The van der Waals surface area contributed by atoms with E-state index in [1.165, 1.54) is 11.1 Å². The van der Waals surface area contributed by atoms with Gasteiger partial charge in [-0.3, -0.25) is 4.79 Å². The minimum absolute atomic E-state index is 0.0282. The van der Waals surface area contributed by atoms with E-state index in [-0.39, 0.29) is 11.8 Å². The number of anilines is 1. The summed E-state index contributed by atoms with van der Waals surface area (Å²) in [6.07, 6.45) is 1.58. The Labute approximate surface area is 170 Å². The van der Waals surface area contributed by atoms with E-state index in [4.69, 9.17) is 0 Å². The number of benzene rings is 2. The van der Waals surface area contributed by atoms with Crippen LogP contribution in [-0.4, -0.2) is 39.2 Å². The monoisotopic (exact) mass is 390 g/mol. The van der Waals surface area contributed by atoms with Gasteiger partial charge in [0.2, 0.25) is 11.9 Å². The van der Waals surface area contributed by atoms with E-state index >= 15 is 0 Å². The molecule has 2 aromatic carbocycles. The predicted molar refractivity (Wildman–Crippen MR) is 112 cm³/mol. The fourth-order valence-corrected chi connectivity index (χ4v) is 3.61. The first-order valence-electron chi connectivity index (χ1n) is 10.0. The van der Waals surface area contributed by atoms with Gasteiger partial charge in [-0.1, -0.05) is 52.6 Å². The number of hydrogen-bond donors (Lipinski definition) is 1. The van der Waals surface area contributed by atoms with Crippen LogP contribution in [0.4, 0.5) is 5.95 Å². The number of tetrazole rings is 1. The lowest BCUT2D eigenvalue weighted by Crippen LogP contribution is -2.41. The van der Waals surface area contributed by atoms with E-state index in [2.05, 4.69) is 63.9 Å². The number of carbonyl (C=O) groups is 1. The van der Waals surface area contributed by atoms with E-state index in [0.29, 0.717) is 6.54 Å². The van der Waals surface area contributed by atoms with Gasteiger partial charge < -0.3 is 10.2 Å². The lowest BCUT2D eigenvalue weighted by atomic mass is 9.96. The van der Waals surface area contributed by atoms with Crippen LogP contribution in [0.15, 0.2) is 48.5 Å². The fourth-order valence-electron chi connectivity index (χ4n) is 3.61. The zero-order valence-corrected chi connectivity index (χ0v) is 16.9. The molecule has 0 spiro atoms. The molecule has 1 amide bonds. The second-order valence-electron chi connectivity index (χ2n) is 7.69. The summed E-state index contributed by atoms with van der Waals surface area (Å²) in [6.45, 7) is 6.21. The van der Waals surface area contributed by atoms with Crippen molar-refractivity contribution in [1.82, 2.24) is 25.5 Å². The van der Waals surface area contributed by atoms with Crippen molar-refractivity contribution in [3.05, 3.63) is 65.2 Å². The molecule has 1 saturated heterocycles. The average Bonchev–Trinajstić information content (AvgIpc) is 3.24. The van der Waals surface area contributed by atoms with Gasteiger partial charge in [-0.2, -0.15) is 4.68 Å². The van der Waals surface area contributed by atoms with E-state index < -0.39 is 0 Å². The Morgan fingerprint density at radius 3 is 2.28 bits per heavy atom. The summed E-state index contributed by atoms with van der Waals surface area (Å²) < 4.78 is 1.76. The maximum Gasteiger partial charge on any atom is 0.250 e. The van der Waals surface area contributed by atoms with Crippen molar-refractivity contribution in [3.8, 4) is 5.69 Å². The van der Waals surface area contributed by atoms with Gasteiger partial charge in [0.15, 0.2) is 0 Å². The van der Waals surface area contributed by atoms with Crippen molar-refractivity contribution in [2.45, 2.75) is 33.2 Å². The molecule has 0 unspecified atom stereocenters. The van der Waals surface area contributed by atoms with Crippen LogP contribution in [0.25, 0.3) is 5.69 Å². The SMILES string of the molecule is Cc1ccc(CNC(=O)C2CCN(c3nnnn3-c3ccc(C)cc3)CC2)cc1. The summed E-state index contributed by atoms with van der Waals surface area (Å²) in [4.78, 5) is 14.7. The van der Waals surface area contributed by atoms with Gasteiger partial charge in [0.1, 0.15) is 0 Å². The van der Waals surface area contributed by atoms with E-state index in [9.17, 15) is 4.79 Å². The molecule has 1 fully saturated rings. The highest BCUT2D eigenvalue weighted by atomic mass is 16.1. The zero-order chi connectivity index (χ0) is 20.2. The molecule has 0 bridgehead atoms. The Morgan fingerprint density at radius 1 is 1.00 bits per heavy atom. The van der Waals surface area contributed by atoms with E-state index in [0.717, 1.165) is 43.1 Å². The Hall–Kier alpha value is -3.22. The molecule has 3 aromatic rings. The second-order valence-corrected chi connectivity index (χ2v) is 7.69. The standard InChI is InChI=1S/C22H26N6O/c1-16-3-7-18(8-4-16)15-23-21(29)19-11-13-27(14-12-19)22-24-25-26-28(22)20-9-5-17(2)6-10-20/h3-10,19H,11-15H2,1-2H3,(H,23,29). The molecule has 1 aromatic heterocycles. The number of hydrogen-bond acceptors (Lipinski definition) is 5. The number of piperidine rings is 1. The van der Waals surface area contributed by atoms with Crippen molar-refractivity contribution >= 4 is 11.9 Å². The second kappa shape index (κ2) is 8.43. The third kappa shape index (κ3) is 4.45. The van der Waals surface area contributed by atoms with Gasteiger partial charge in [-0.05, 0) is 54.8 Å². The number of aryl methyl sites for hydroxylation is 2. The van der Waals surface area contributed by atoms with Crippen LogP contribution in [0.3, 0.4) is 0 Å². The largest absolute Gasteiger partial charge is 0.352 e. The third-order valence-corrected chi connectivity index (χ3v) is 5.47. The molecule has 1 aliphatic heterocycles. The Balaban J connectivity index is 1.34. The van der Waals surface area contributed by atoms with Gasteiger partial charge in [-0.25, -0.2) is 0 Å². The van der Waals surface area contributed by atoms with Crippen LogP contribution in [0, 0.1) is 19.8 Å². The normalized spacial score (nSPS) is 14.8. The zero-order valence-electron chi connectivity index (χ0n) is 16.9. The van der Waals surface area contributed by atoms with Gasteiger partial charge in [-0.15, -0.1) is 0 Å². The summed E-state index contributed by atoms with van der Waals surface area (Å²) in [7, 11) is 0. The molecule has 0 aliphatic carbocycles. The molecule has 1 N–H and O–H groups in total. The molecule has 1 aliphatic rings. The van der Waals surface area contributed by atoms with Crippen LogP contribution < -0.4 is 10.2 Å². The van der Waals surface area contributed by atoms with Gasteiger partial charge in [0.05, 0.1) is 5.69 Å². The van der Waals surface area contributed by atoms with Gasteiger partial charge >= 0.3 is 0 Å². The molecule has 0 saturated carbocycles. The summed E-state index contributed by atoms with van der Waals surface area (Å²) in [5.41, 5.74) is 4.48. The van der Waals surface area contributed by atoms with Gasteiger partial charge in [0, 0.05) is 25.6 Å². The van der Waals surface area contributed by atoms with Crippen molar-refractivity contribution in [3.63, 3.8) is 0 Å². The predicted octanol–water partition coefficient (Wildman–Crippen LogP) is 2.81. The number of aromatic nitrogens is 4. The lowest BCUT2D eigenvalue weighted by molar-refractivity contribution is -0.125. The molecular formula is C22H26N6O. The quantitative estimate of drug-likeness (QED) is 0.725. The third-order valence-electron chi connectivity index (χ3n) is 5.47. The van der Waals surface area contributed by atoms with Gasteiger partial charge in [0.25, 0.3) is 0 Å². The molecule has 4 rings (SSSR count). The molecule has 7 nitrogen and oxygen atoms in total. The number of carbonyl (C=O) groups excluding carboxylic acids is 1. The summed E-state index contributed by atoms with van der Waals surface area (Å²) >= 11 is 0. The minimum atomic E-state index is 0.0282. The van der Waals surface area contributed by atoms with Crippen molar-refractivity contribution in [2.75, 3.05) is 18.0 Å². The lowest BCUT2D eigenvalue weighted by Gasteiger charge is -2.31. The highest BCUT2D eigenvalue weighted by Gasteiger charge is 2.27. The molecular weight excluding hydrogens is 364 g/mol. The topological polar surface area (TPSA) is 75.9 Å². The first-order valence-corrected chi connectivity index (χ1v) is 10.0. The van der Waals surface area contributed by atoms with E-state index in [1.54, 1.807) is 4.68 Å². The number of rotatable bonds is 5. The summed E-state index contributed by atoms with van der Waals surface area (Å²) in [5, 5.41) is 15.3. The Bertz CT molecular complexity index is 956. The van der Waals surface area contributed by atoms with Crippen molar-refractivity contribution in [1.29, 1.82) is 0 Å². The minimum Gasteiger partial charge on any atom is -0.352 e. The number of nitrogens with one attached hydrogen (secondary N) is 1. The average molecular weight is 390 g/mol. The number of nitrogens with zero attached hydrogens (tertiary/aromatic N) is 5. The molecule has 150 valence electrons. The highest BCUT2D eigenvalue weighted by Crippen LogP contribution is 2.23. The molecule has 2 heterocycles. The fraction of sp³-hybridized carbons (Fsp3) is 0.364. The summed E-state index contributed by atoms with van der Waals surface area (Å²) in [6, 6.07) is 16.4. The first-order chi connectivity index (χ1) is 14.1. The van der Waals surface area contributed by atoms with E-state index in [1.807, 2.05) is 24.3 Å². The van der Waals surface area contributed by atoms with Crippen molar-refractivity contribution < 1.29 is 4.79 Å². The van der Waals surface area contributed by atoms with Crippen LogP contribution in [-0.2, 0) is 11.3 Å². The van der Waals surface area contributed by atoms with Crippen molar-refractivity contribution in [2.24, 2.45) is 5.92 Å². The molecule has 0 radical (unpaired) electrons. The molecule has 29 heavy (non-hydrogen) atoms. The van der Waals surface area contributed by atoms with Crippen LogP contribution >= 0.6 is 0 Å². The Kier molecular flexibility index (Phi) is 5.55. The highest BCUT2D eigenvalue weighted by molar-refractivity contribution is 5.79.